The zero-order valence-corrected chi connectivity index (χ0v) is 19.8. The average Bonchev–Trinajstić information content (AvgIpc) is 3.39. The lowest BCUT2D eigenvalue weighted by Crippen LogP contribution is -2.58. The molecule has 1 heterocycles. The normalized spacial score (nSPS) is 34.5. The van der Waals surface area contributed by atoms with Crippen LogP contribution in [-0.2, 0) is 15.2 Å². The largest absolute Gasteiger partial charge is 0.393 e. The van der Waals surface area contributed by atoms with E-state index in [4.69, 9.17) is 11.6 Å². The molecule has 4 rings (SSSR count). The van der Waals surface area contributed by atoms with Crippen molar-refractivity contribution in [1.29, 1.82) is 0 Å². The van der Waals surface area contributed by atoms with Gasteiger partial charge in [-0.2, -0.15) is 0 Å². The van der Waals surface area contributed by atoms with E-state index in [0.29, 0.717) is 43.8 Å². The van der Waals surface area contributed by atoms with Crippen molar-refractivity contribution in [1.82, 2.24) is 10.2 Å². The van der Waals surface area contributed by atoms with Crippen molar-refractivity contribution >= 4 is 23.4 Å². The van der Waals surface area contributed by atoms with Crippen LogP contribution in [0.4, 0.5) is 0 Å². The number of benzene rings is 1. The van der Waals surface area contributed by atoms with E-state index in [0.717, 1.165) is 24.8 Å². The van der Waals surface area contributed by atoms with Crippen LogP contribution in [0.2, 0.25) is 5.02 Å². The Hall–Kier alpha value is -1.63. The Morgan fingerprint density at radius 2 is 1.84 bits per heavy atom. The number of aliphatic hydroxyl groups is 2. The average molecular weight is 463 g/mol. The van der Waals surface area contributed by atoms with E-state index in [9.17, 15) is 19.8 Å². The van der Waals surface area contributed by atoms with Gasteiger partial charge in [0.05, 0.1) is 17.6 Å². The topological polar surface area (TPSA) is 89.9 Å². The molecule has 7 heteroatoms. The van der Waals surface area contributed by atoms with Crippen LogP contribution in [-0.4, -0.2) is 52.2 Å². The van der Waals surface area contributed by atoms with Crippen LogP contribution < -0.4 is 5.32 Å². The third-order valence-corrected chi connectivity index (χ3v) is 8.27. The standard InChI is InChI=1S/C25H35ClN2O4/c1-24(2)15-28(13-12-25(24,32)17-7-9-18(26)10-8-17)23(31)20-4-3-5-21(20)27-22(30)16-6-11-19(29)14-16/h7-10,16,19-21,29,32H,3-6,11-15H2,1-2H3,(H,27,30)/t16-,19-,20+,21-,25+/m1/s1. The zero-order chi connectivity index (χ0) is 23.1. The number of likely N-dealkylation sites (tertiary alicyclic amines) is 1. The van der Waals surface area contributed by atoms with E-state index in [-0.39, 0.29) is 35.8 Å². The lowest BCUT2D eigenvalue weighted by atomic mass is 9.66. The quantitative estimate of drug-likeness (QED) is 0.640. The molecule has 0 radical (unpaired) electrons. The first-order chi connectivity index (χ1) is 15.1. The third kappa shape index (κ3) is 4.42. The lowest BCUT2D eigenvalue weighted by molar-refractivity contribution is -0.157. The van der Waals surface area contributed by atoms with Crippen molar-refractivity contribution in [2.45, 2.75) is 76.5 Å². The van der Waals surface area contributed by atoms with Gasteiger partial charge in [0.25, 0.3) is 0 Å². The molecule has 1 aliphatic heterocycles. The van der Waals surface area contributed by atoms with Crippen LogP contribution in [0.5, 0.6) is 0 Å². The van der Waals surface area contributed by atoms with Crippen LogP contribution in [0.1, 0.15) is 64.4 Å². The Morgan fingerprint density at radius 1 is 1.12 bits per heavy atom. The molecule has 3 aliphatic rings. The maximum Gasteiger partial charge on any atom is 0.227 e. The fraction of sp³-hybridized carbons (Fsp3) is 0.680. The lowest BCUT2D eigenvalue weighted by Gasteiger charge is -2.51. The summed E-state index contributed by atoms with van der Waals surface area (Å²) in [6.07, 6.45) is 4.46. The van der Waals surface area contributed by atoms with Crippen LogP contribution in [0, 0.1) is 17.3 Å². The molecule has 3 N–H and O–H groups in total. The highest BCUT2D eigenvalue weighted by molar-refractivity contribution is 6.30. The molecule has 3 fully saturated rings. The number of nitrogens with zero attached hydrogens (tertiary/aromatic N) is 1. The number of carbonyl (C=O) groups is 2. The van der Waals surface area contributed by atoms with Crippen molar-refractivity contribution in [3.8, 4) is 0 Å². The molecular weight excluding hydrogens is 428 g/mol. The van der Waals surface area contributed by atoms with Gasteiger partial charge in [-0.25, -0.2) is 0 Å². The summed E-state index contributed by atoms with van der Waals surface area (Å²) in [4.78, 5) is 28.0. The molecule has 0 unspecified atom stereocenters. The van der Waals surface area contributed by atoms with Gasteiger partial charge in [-0.15, -0.1) is 0 Å². The predicted molar refractivity (Wildman–Crippen MR) is 123 cm³/mol. The van der Waals surface area contributed by atoms with Crippen molar-refractivity contribution in [3.63, 3.8) is 0 Å². The van der Waals surface area contributed by atoms with E-state index in [2.05, 4.69) is 5.32 Å². The number of nitrogens with one attached hydrogen (secondary N) is 1. The maximum atomic E-state index is 13.5. The Labute approximate surface area is 195 Å². The second-order valence-corrected chi connectivity index (χ2v) is 11.0. The van der Waals surface area contributed by atoms with Gasteiger partial charge in [0.1, 0.15) is 0 Å². The molecule has 0 aromatic heterocycles. The highest BCUT2D eigenvalue weighted by Crippen LogP contribution is 2.46. The van der Waals surface area contributed by atoms with Gasteiger partial charge in [-0.1, -0.05) is 44.0 Å². The summed E-state index contributed by atoms with van der Waals surface area (Å²) in [6.45, 7) is 4.94. The number of aliphatic hydroxyl groups excluding tert-OH is 1. The van der Waals surface area contributed by atoms with Gasteiger partial charge in [-0.05, 0) is 56.2 Å². The number of rotatable bonds is 4. The van der Waals surface area contributed by atoms with Crippen LogP contribution in [0.15, 0.2) is 24.3 Å². The molecule has 1 aromatic carbocycles. The van der Waals surface area contributed by atoms with E-state index >= 15 is 0 Å². The highest BCUT2D eigenvalue weighted by Gasteiger charge is 2.51. The zero-order valence-electron chi connectivity index (χ0n) is 19.0. The van der Waals surface area contributed by atoms with Crippen molar-refractivity contribution in [2.75, 3.05) is 13.1 Å². The predicted octanol–water partition coefficient (Wildman–Crippen LogP) is 3.23. The van der Waals surface area contributed by atoms with Gasteiger partial charge in [0.15, 0.2) is 0 Å². The Bertz CT molecular complexity index is 858. The molecular formula is C25H35ClN2O4. The molecule has 0 spiro atoms. The van der Waals surface area contributed by atoms with Crippen molar-refractivity contribution in [3.05, 3.63) is 34.9 Å². The molecule has 2 aliphatic carbocycles. The number of hydrogen-bond acceptors (Lipinski definition) is 4. The van der Waals surface area contributed by atoms with Crippen molar-refractivity contribution in [2.24, 2.45) is 17.3 Å². The minimum absolute atomic E-state index is 0.0256. The minimum atomic E-state index is -1.04. The number of carbonyl (C=O) groups excluding carboxylic acids is 2. The minimum Gasteiger partial charge on any atom is -0.393 e. The van der Waals surface area contributed by atoms with Crippen LogP contribution in [0.3, 0.4) is 0 Å². The smallest absolute Gasteiger partial charge is 0.227 e. The third-order valence-electron chi connectivity index (χ3n) is 8.02. The summed E-state index contributed by atoms with van der Waals surface area (Å²) in [6, 6.07) is 7.16. The molecule has 0 bridgehead atoms. The Kier molecular flexibility index (Phi) is 6.59. The summed E-state index contributed by atoms with van der Waals surface area (Å²) in [5.74, 6) is -0.319. The first-order valence-electron chi connectivity index (χ1n) is 11.9. The summed E-state index contributed by atoms with van der Waals surface area (Å²) < 4.78 is 0. The summed E-state index contributed by atoms with van der Waals surface area (Å²) in [7, 11) is 0. The summed E-state index contributed by atoms with van der Waals surface area (Å²) >= 11 is 6.03. The van der Waals surface area contributed by atoms with Gasteiger partial charge >= 0.3 is 0 Å². The summed E-state index contributed by atoms with van der Waals surface area (Å²) in [5.41, 5.74) is -0.753. The Morgan fingerprint density at radius 3 is 2.47 bits per heavy atom. The monoisotopic (exact) mass is 462 g/mol. The van der Waals surface area contributed by atoms with E-state index in [1.807, 2.05) is 30.9 Å². The number of halogens is 1. The van der Waals surface area contributed by atoms with Gasteiger partial charge in [0, 0.05) is 35.5 Å². The second kappa shape index (κ2) is 8.96. The highest BCUT2D eigenvalue weighted by atomic mass is 35.5. The molecule has 5 atom stereocenters. The first kappa shape index (κ1) is 23.5. The SMILES string of the molecule is CC1(C)CN(C(=O)[C@H]2CCC[C@H]2NC(=O)[C@@H]2CC[C@@H](O)C2)CC[C@]1(O)c1ccc(Cl)cc1. The molecule has 176 valence electrons. The van der Waals surface area contributed by atoms with Gasteiger partial charge in [0.2, 0.25) is 11.8 Å². The molecule has 6 nitrogen and oxygen atoms in total. The Balaban J connectivity index is 1.42. The maximum absolute atomic E-state index is 13.5. The van der Waals surface area contributed by atoms with E-state index in [1.54, 1.807) is 12.1 Å². The van der Waals surface area contributed by atoms with Gasteiger partial charge < -0.3 is 20.4 Å². The molecule has 1 aromatic rings. The second-order valence-electron chi connectivity index (χ2n) is 10.6. The molecule has 1 saturated heterocycles. The number of hydrogen-bond donors (Lipinski definition) is 3. The molecule has 32 heavy (non-hydrogen) atoms. The van der Waals surface area contributed by atoms with Gasteiger partial charge in [-0.3, -0.25) is 9.59 Å². The number of amides is 2. The fourth-order valence-corrected chi connectivity index (χ4v) is 6.06. The van der Waals surface area contributed by atoms with Crippen molar-refractivity contribution < 1.29 is 19.8 Å². The van der Waals surface area contributed by atoms with Crippen LogP contribution in [0.25, 0.3) is 0 Å². The fourth-order valence-electron chi connectivity index (χ4n) is 5.93. The molecule has 2 amide bonds. The summed E-state index contributed by atoms with van der Waals surface area (Å²) in [5, 5.41) is 25.1. The van der Waals surface area contributed by atoms with E-state index in [1.165, 1.54) is 0 Å². The molecule has 2 saturated carbocycles. The number of piperidine rings is 1. The first-order valence-corrected chi connectivity index (χ1v) is 12.2. The van der Waals surface area contributed by atoms with E-state index < -0.39 is 11.0 Å². The van der Waals surface area contributed by atoms with Crippen LogP contribution >= 0.6 is 11.6 Å².